The SMILES string of the molecule is C[Si](C)(C)c1ccccc1-c1cc(F)c(N(c2ccccc2)c2ccc3ccc4c(N(c5ccccc5)c5cc(F)c(-c6ccccc6[Si](C)(C)C)cc5F)ccc5ccc2c3c54)cc1F.Fc1cc(N(c2ccccc2)c2ccc3ccc4c(N(c5ccccc5)c5cc(F)c(-c6ccc(-c7ccccc7)cc6)cc5F)ccc5ccc2c3c54)c(F)cc1-c1ccc(-c2ccccc2)cc1. The van der Waals surface area contributed by atoms with Gasteiger partial charge in [-0.3, -0.25) is 0 Å². The van der Waals surface area contributed by atoms with Crippen LogP contribution in [0, 0.1) is 46.5 Å². The van der Waals surface area contributed by atoms with Crippen molar-refractivity contribution in [2.45, 2.75) is 39.3 Å². The number of benzene rings is 22. The lowest BCUT2D eigenvalue weighted by Crippen LogP contribution is -2.39. The van der Waals surface area contributed by atoms with Crippen LogP contribution in [0.4, 0.5) is 103 Å². The van der Waals surface area contributed by atoms with Crippen molar-refractivity contribution in [3.8, 4) is 66.8 Å². The molecule has 0 aliphatic heterocycles. The quantitative estimate of drug-likeness (QED) is 0.0428. The first kappa shape index (κ1) is 86.7. The highest BCUT2D eigenvalue weighted by atomic mass is 28.3. The van der Waals surface area contributed by atoms with Crippen molar-refractivity contribution in [2.75, 3.05) is 19.6 Å². The van der Waals surface area contributed by atoms with Gasteiger partial charge < -0.3 is 19.6 Å². The van der Waals surface area contributed by atoms with E-state index in [4.69, 9.17) is 0 Å². The van der Waals surface area contributed by atoms with E-state index < -0.39 is 62.7 Å². The zero-order valence-electron chi connectivity index (χ0n) is 75.2. The van der Waals surface area contributed by atoms with Crippen LogP contribution in [0.3, 0.4) is 0 Å². The van der Waals surface area contributed by atoms with Crippen molar-refractivity contribution < 1.29 is 35.1 Å². The Morgan fingerprint density at radius 3 is 0.625 bits per heavy atom. The average molecular weight is 1820 g/mol. The molecule has 0 unspecified atom stereocenters. The number of rotatable bonds is 20. The first-order valence-corrected chi connectivity index (χ1v) is 52.4. The van der Waals surface area contributed by atoms with Gasteiger partial charge in [0.2, 0.25) is 0 Å². The highest BCUT2D eigenvalue weighted by Crippen LogP contribution is 2.53. The minimum atomic E-state index is -1.92. The van der Waals surface area contributed by atoms with Gasteiger partial charge in [0.05, 0.1) is 61.6 Å². The van der Waals surface area contributed by atoms with Crippen molar-refractivity contribution >= 4 is 159 Å². The highest BCUT2D eigenvalue weighted by Gasteiger charge is 2.33. The van der Waals surface area contributed by atoms with Crippen LogP contribution in [0.2, 0.25) is 39.3 Å². The molecule has 0 aliphatic rings. The molecule has 4 nitrogen and oxygen atoms in total. The first-order chi connectivity index (χ1) is 66.1. The van der Waals surface area contributed by atoms with E-state index in [1.54, 1.807) is 19.6 Å². The highest BCUT2D eigenvalue weighted by molar-refractivity contribution is 6.90. The van der Waals surface area contributed by atoms with Gasteiger partial charge in [-0.25, -0.2) is 35.1 Å². The maximum absolute atomic E-state index is 17.0. The van der Waals surface area contributed by atoms with Crippen LogP contribution in [-0.4, -0.2) is 16.1 Å². The Balaban J connectivity index is 0.000000163. The fraction of sp³-hybridized carbons (Fsp3) is 0.0492. The van der Waals surface area contributed by atoms with E-state index in [0.29, 0.717) is 67.8 Å². The maximum atomic E-state index is 17.0. The Morgan fingerprint density at radius 2 is 0.368 bits per heavy atom. The minimum absolute atomic E-state index is 0.0485. The Hall–Kier alpha value is -16.0. The predicted octanol–water partition coefficient (Wildman–Crippen LogP) is 35.3. The molecule has 0 heterocycles. The zero-order valence-corrected chi connectivity index (χ0v) is 77.2. The first-order valence-electron chi connectivity index (χ1n) is 45.4. The molecular weight excluding hydrogens is 1730 g/mol. The molecule has 0 bridgehead atoms. The maximum Gasteiger partial charge on any atom is 0.148 e. The van der Waals surface area contributed by atoms with Gasteiger partial charge in [-0.1, -0.05) is 353 Å². The van der Waals surface area contributed by atoms with Gasteiger partial charge in [-0.2, -0.15) is 0 Å². The van der Waals surface area contributed by atoms with Crippen molar-refractivity contribution in [2.24, 2.45) is 0 Å². The lowest BCUT2D eigenvalue weighted by atomic mass is 9.91. The molecule has 0 N–H and O–H groups in total. The van der Waals surface area contributed by atoms with Crippen LogP contribution in [0.5, 0.6) is 0 Å². The largest absolute Gasteiger partial charge is 0.307 e. The van der Waals surface area contributed by atoms with Gasteiger partial charge in [-0.15, -0.1) is 0 Å². The predicted molar refractivity (Wildman–Crippen MR) is 557 cm³/mol. The molecule has 22 rings (SSSR count). The van der Waals surface area contributed by atoms with Crippen LogP contribution in [0.25, 0.3) is 131 Å². The second kappa shape index (κ2) is 35.5. The monoisotopic (exact) mass is 1820 g/mol. The molecule has 0 atom stereocenters. The summed E-state index contributed by atoms with van der Waals surface area (Å²) in [7, 11) is -3.84. The topological polar surface area (TPSA) is 13.0 Å². The third kappa shape index (κ3) is 16.0. The van der Waals surface area contributed by atoms with E-state index >= 15 is 35.1 Å². The van der Waals surface area contributed by atoms with Gasteiger partial charge in [0.1, 0.15) is 46.5 Å². The zero-order chi connectivity index (χ0) is 93.4. The molecule has 0 radical (unpaired) electrons. The second-order valence-corrected chi connectivity index (χ2v) is 46.6. The summed E-state index contributed by atoms with van der Waals surface area (Å²) in [5, 5.41) is 12.7. The Labute approximate surface area is 786 Å². The summed E-state index contributed by atoms with van der Waals surface area (Å²) < 4.78 is 134. The summed E-state index contributed by atoms with van der Waals surface area (Å²) in [6.07, 6.45) is 0. The molecule has 0 amide bonds. The third-order valence-electron chi connectivity index (χ3n) is 26.0. The van der Waals surface area contributed by atoms with Crippen LogP contribution in [0.1, 0.15) is 0 Å². The normalized spacial score (nSPS) is 11.8. The number of anilines is 12. The summed E-state index contributed by atoms with van der Waals surface area (Å²) in [6.45, 7) is 13.2. The van der Waals surface area contributed by atoms with Gasteiger partial charge in [0.15, 0.2) is 0 Å². The Kier molecular flexibility index (Phi) is 22.6. The lowest BCUT2D eigenvalue weighted by Gasteiger charge is -2.30. The minimum Gasteiger partial charge on any atom is -0.307 e. The molecule has 0 spiro atoms. The van der Waals surface area contributed by atoms with E-state index in [0.717, 1.165) is 97.3 Å². The molecule has 0 saturated carbocycles. The number of hydrogen-bond donors (Lipinski definition) is 0. The molecule has 0 saturated heterocycles. The van der Waals surface area contributed by atoms with E-state index in [9.17, 15) is 0 Å². The van der Waals surface area contributed by atoms with Crippen LogP contribution in [-0.2, 0) is 0 Å². The fourth-order valence-electron chi connectivity index (χ4n) is 19.6. The van der Waals surface area contributed by atoms with Gasteiger partial charge in [-0.05, 0) is 185 Å². The summed E-state index contributed by atoms with van der Waals surface area (Å²) >= 11 is 0. The van der Waals surface area contributed by atoms with E-state index in [1.807, 2.05) is 376 Å². The standard InChI is InChI=1S/C64H40F4N2.C58H48F4N2Si2/c65-55-39-61(57(67)37-53(55)45-25-21-43(22-26-45)41-13-5-1-6-14-41)69(49-17-9-3-10-18-49)59-35-31-47-30-34-52-60(36-32-48-29-33-51(59)63(47)64(48)52)70(50-19-11-4-12-20-50)62-40-56(66)54(38-58(62)68)46-27-23-44(24-28-46)42-15-7-2-8-16-42;1-65(2,3)55-23-15-13-21-41(55)45-33-49(61)53(35-47(45)59)63(39-17-9-7-10-18-39)51-31-27-37-26-30-44-52(32-28-38-25-29-43(51)57(37)58(38)44)64(40-19-11-8-12-20-40)54-36-48(60)46(34-50(54)62)42-22-14-16-24-56(42)66(4,5)6/h1-40H;7-36H,1-6H3. The van der Waals surface area contributed by atoms with Gasteiger partial charge >= 0.3 is 0 Å². The molecule has 0 aromatic heterocycles. The van der Waals surface area contributed by atoms with E-state index in [-0.39, 0.29) is 45.0 Å². The summed E-state index contributed by atoms with van der Waals surface area (Å²) in [5.41, 5.74) is 12.8. The second-order valence-electron chi connectivity index (χ2n) is 36.5. The van der Waals surface area contributed by atoms with Crippen molar-refractivity contribution in [1.82, 2.24) is 0 Å². The van der Waals surface area contributed by atoms with Crippen molar-refractivity contribution in [3.05, 3.63) is 471 Å². The molecule has 22 aromatic carbocycles. The van der Waals surface area contributed by atoms with E-state index in [1.165, 1.54) is 48.5 Å². The number of para-hydroxylation sites is 4. The van der Waals surface area contributed by atoms with E-state index in [2.05, 4.69) is 39.3 Å². The number of halogens is 8. The molecule has 660 valence electrons. The van der Waals surface area contributed by atoms with Crippen LogP contribution in [0.15, 0.2) is 425 Å². The van der Waals surface area contributed by atoms with Gasteiger partial charge in [0, 0.05) is 90.8 Å². The molecule has 0 fully saturated rings. The summed E-state index contributed by atoms with van der Waals surface area (Å²) in [4.78, 5) is 7.10. The summed E-state index contributed by atoms with van der Waals surface area (Å²) in [6, 6.07) is 130. The van der Waals surface area contributed by atoms with Crippen molar-refractivity contribution in [1.29, 1.82) is 0 Å². The Bertz CT molecular complexity index is 7790. The molecule has 136 heavy (non-hydrogen) atoms. The van der Waals surface area contributed by atoms with Crippen LogP contribution >= 0.6 is 0 Å². The van der Waals surface area contributed by atoms with Gasteiger partial charge in [0.25, 0.3) is 0 Å². The lowest BCUT2D eigenvalue weighted by molar-refractivity contribution is 0.604. The molecule has 0 aliphatic carbocycles. The summed E-state index contributed by atoms with van der Waals surface area (Å²) in [5.74, 6) is -4.47. The smallest absolute Gasteiger partial charge is 0.148 e. The third-order valence-corrected chi connectivity index (χ3v) is 30.1. The Morgan fingerprint density at radius 1 is 0.162 bits per heavy atom. The van der Waals surface area contributed by atoms with Crippen molar-refractivity contribution in [3.63, 3.8) is 0 Å². The van der Waals surface area contributed by atoms with Crippen LogP contribution < -0.4 is 30.0 Å². The number of hydrogen-bond acceptors (Lipinski definition) is 4. The number of nitrogens with zero attached hydrogens (tertiary/aromatic N) is 4. The molecule has 14 heteroatoms. The molecule has 22 aromatic rings. The fourth-order valence-corrected chi connectivity index (χ4v) is 22.9. The molecular formula is C122H88F8N4Si2. The average Bonchev–Trinajstić information content (AvgIpc) is 0.719.